The van der Waals surface area contributed by atoms with Gasteiger partial charge in [0, 0.05) is 24.2 Å². The van der Waals surface area contributed by atoms with Crippen molar-refractivity contribution in [3.8, 4) is 0 Å². The summed E-state index contributed by atoms with van der Waals surface area (Å²) in [5.74, 6) is 0.0802. The number of carbonyl (C=O) groups is 2. The fourth-order valence-electron chi connectivity index (χ4n) is 3.78. The molecule has 1 aromatic heterocycles. The molecule has 1 heterocycles. The van der Waals surface area contributed by atoms with Crippen molar-refractivity contribution in [2.75, 3.05) is 12.4 Å². The smallest absolute Gasteiger partial charge is 0.257 e. The maximum atomic E-state index is 12.8. The summed E-state index contributed by atoms with van der Waals surface area (Å²) in [6, 6.07) is 15.0. The Morgan fingerprint density at radius 1 is 1.00 bits per heavy atom. The minimum Gasteiger partial charge on any atom is -0.355 e. The van der Waals surface area contributed by atoms with Gasteiger partial charge >= 0.3 is 0 Å². The van der Waals surface area contributed by atoms with Crippen LogP contribution < -0.4 is 10.6 Å². The van der Waals surface area contributed by atoms with Crippen molar-refractivity contribution in [2.45, 2.75) is 31.7 Å². The zero-order valence-electron chi connectivity index (χ0n) is 15.2. The second-order valence-electron chi connectivity index (χ2n) is 6.85. The topological polar surface area (TPSA) is 76.0 Å². The predicted molar refractivity (Wildman–Crippen MR) is 105 cm³/mol. The van der Waals surface area contributed by atoms with Crippen LogP contribution in [0.25, 0.3) is 11.0 Å². The van der Waals surface area contributed by atoms with Gasteiger partial charge in [-0.25, -0.2) is 4.98 Å². The molecule has 27 heavy (non-hydrogen) atoms. The Kier molecular flexibility index (Phi) is 4.62. The summed E-state index contributed by atoms with van der Waals surface area (Å²) >= 11 is 0. The molecule has 2 N–H and O–H groups in total. The lowest BCUT2D eigenvalue weighted by Gasteiger charge is -2.16. The number of hydrogen-bond acceptors (Lipinski definition) is 3. The standard InChI is InChI=1S/C21H22N4O2/c1-22-19(26)14-7-6-8-15(13-14)20(27)24-21-23-17-11-4-5-12-18(17)25(21)16-9-2-3-10-16/h4-8,11-13,16H,2-3,9-10H2,1H3,(H,22,26)(H,23,24,27). The highest BCUT2D eigenvalue weighted by molar-refractivity contribution is 6.06. The molecule has 0 radical (unpaired) electrons. The highest BCUT2D eigenvalue weighted by Gasteiger charge is 2.23. The van der Waals surface area contributed by atoms with Gasteiger partial charge in [-0.1, -0.05) is 31.0 Å². The maximum absolute atomic E-state index is 12.8. The quantitative estimate of drug-likeness (QED) is 0.742. The van der Waals surface area contributed by atoms with Gasteiger partial charge in [0.1, 0.15) is 0 Å². The Balaban J connectivity index is 1.68. The number of anilines is 1. The van der Waals surface area contributed by atoms with E-state index in [0.717, 1.165) is 23.9 Å². The molecule has 2 amide bonds. The summed E-state index contributed by atoms with van der Waals surface area (Å²) in [6.45, 7) is 0. The van der Waals surface area contributed by atoms with E-state index < -0.39 is 0 Å². The summed E-state index contributed by atoms with van der Waals surface area (Å²) in [5, 5.41) is 5.53. The molecule has 6 nitrogen and oxygen atoms in total. The van der Waals surface area contributed by atoms with Crippen LogP contribution in [0.15, 0.2) is 48.5 Å². The van der Waals surface area contributed by atoms with Gasteiger partial charge in [-0.3, -0.25) is 14.9 Å². The first-order chi connectivity index (χ1) is 13.2. The molecular formula is C21H22N4O2. The average Bonchev–Trinajstić information content (AvgIpc) is 3.34. The number of fused-ring (bicyclic) bond motifs is 1. The molecule has 4 rings (SSSR count). The van der Waals surface area contributed by atoms with Gasteiger partial charge in [0.25, 0.3) is 11.8 Å². The Morgan fingerprint density at radius 3 is 2.44 bits per heavy atom. The highest BCUT2D eigenvalue weighted by Crippen LogP contribution is 2.35. The van der Waals surface area contributed by atoms with Crippen LogP contribution in [0.3, 0.4) is 0 Å². The molecule has 2 aromatic carbocycles. The third-order valence-electron chi connectivity index (χ3n) is 5.12. The SMILES string of the molecule is CNC(=O)c1cccc(C(=O)Nc2nc3ccccc3n2C2CCCC2)c1. The summed E-state index contributed by atoms with van der Waals surface area (Å²) in [5.41, 5.74) is 2.80. The first-order valence-corrected chi connectivity index (χ1v) is 9.28. The normalized spacial score (nSPS) is 14.4. The van der Waals surface area contributed by atoms with Crippen molar-refractivity contribution >= 4 is 28.8 Å². The van der Waals surface area contributed by atoms with Crippen molar-refractivity contribution in [1.29, 1.82) is 0 Å². The third-order valence-corrected chi connectivity index (χ3v) is 5.12. The van der Waals surface area contributed by atoms with Crippen molar-refractivity contribution in [2.24, 2.45) is 0 Å². The zero-order valence-corrected chi connectivity index (χ0v) is 15.2. The minimum absolute atomic E-state index is 0.220. The van der Waals surface area contributed by atoms with Gasteiger partial charge in [0.15, 0.2) is 0 Å². The molecule has 0 bridgehead atoms. The predicted octanol–water partition coefficient (Wildman–Crippen LogP) is 3.76. The molecule has 0 atom stereocenters. The zero-order chi connectivity index (χ0) is 18.8. The second kappa shape index (κ2) is 7.23. The number of benzene rings is 2. The molecule has 1 aliphatic rings. The Morgan fingerprint density at radius 2 is 1.70 bits per heavy atom. The van der Waals surface area contributed by atoms with E-state index in [4.69, 9.17) is 0 Å². The van der Waals surface area contributed by atoms with Gasteiger partial charge in [0.05, 0.1) is 11.0 Å². The molecule has 0 spiro atoms. The monoisotopic (exact) mass is 362 g/mol. The van der Waals surface area contributed by atoms with Crippen LogP contribution in [-0.4, -0.2) is 28.4 Å². The van der Waals surface area contributed by atoms with Crippen molar-refractivity contribution < 1.29 is 9.59 Å². The van der Waals surface area contributed by atoms with E-state index in [0.29, 0.717) is 23.1 Å². The number of nitrogens with zero attached hydrogens (tertiary/aromatic N) is 2. The van der Waals surface area contributed by atoms with Crippen LogP contribution in [0, 0.1) is 0 Å². The van der Waals surface area contributed by atoms with Crippen LogP contribution in [0.1, 0.15) is 52.4 Å². The molecule has 0 unspecified atom stereocenters. The second-order valence-corrected chi connectivity index (χ2v) is 6.85. The Hall–Kier alpha value is -3.15. The van der Waals surface area contributed by atoms with Crippen molar-refractivity contribution in [1.82, 2.24) is 14.9 Å². The number of nitrogens with one attached hydrogen (secondary N) is 2. The first-order valence-electron chi connectivity index (χ1n) is 9.28. The molecule has 0 aliphatic heterocycles. The minimum atomic E-state index is -0.268. The lowest BCUT2D eigenvalue weighted by Crippen LogP contribution is -2.20. The van der Waals surface area contributed by atoms with E-state index in [2.05, 4.69) is 20.2 Å². The van der Waals surface area contributed by atoms with E-state index in [1.807, 2.05) is 24.3 Å². The number of hydrogen-bond donors (Lipinski definition) is 2. The van der Waals surface area contributed by atoms with Gasteiger partial charge < -0.3 is 9.88 Å². The first kappa shape index (κ1) is 17.3. The van der Waals surface area contributed by atoms with Gasteiger partial charge in [-0.05, 0) is 43.2 Å². The van der Waals surface area contributed by atoms with Crippen LogP contribution in [0.2, 0.25) is 0 Å². The molecule has 138 valence electrons. The van der Waals surface area contributed by atoms with E-state index in [9.17, 15) is 9.59 Å². The van der Waals surface area contributed by atoms with Gasteiger partial charge in [-0.15, -0.1) is 0 Å². The van der Waals surface area contributed by atoms with E-state index in [1.54, 1.807) is 31.3 Å². The molecule has 3 aromatic rings. The molecule has 1 saturated carbocycles. The Bertz CT molecular complexity index is 1000. The summed E-state index contributed by atoms with van der Waals surface area (Å²) < 4.78 is 2.16. The fraction of sp³-hybridized carbons (Fsp3) is 0.286. The van der Waals surface area contributed by atoms with Crippen LogP contribution >= 0.6 is 0 Å². The van der Waals surface area contributed by atoms with Gasteiger partial charge in [0.2, 0.25) is 5.95 Å². The summed E-state index contributed by atoms with van der Waals surface area (Å²) in [4.78, 5) is 29.3. The number of aromatic nitrogens is 2. The lowest BCUT2D eigenvalue weighted by atomic mass is 10.1. The largest absolute Gasteiger partial charge is 0.355 e. The van der Waals surface area contributed by atoms with Crippen LogP contribution in [0.5, 0.6) is 0 Å². The van der Waals surface area contributed by atoms with E-state index in [-0.39, 0.29) is 11.8 Å². The van der Waals surface area contributed by atoms with E-state index in [1.165, 1.54) is 12.8 Å². The number of para-hydroxylation sites is 2. The number of amides is 2. The molecular weight excluding hydrogens is 340 g/mol. The maximum Gasteiger partial charge on any atom is 0.257 e. The van der Waals surface area contributed by atoms with Gasteiger partial charge in [-0.2, -0.15) is 0 Å². The summed E-state index contributed by atoms with van der Waals surface area (Å²) in [6.07, 6.45) is 4.57. The van der Waals surface area contributed by atoms with E-state index >= 15 is 0 Å². The van der Waals surface area contributed by atoms with Crippen LogP contribution in [0.4, 0.5) is 5.95 Å². The van der Waals surface area contributed by atoms with Crippen molar-refractivity contribution in [3.63, 3.8) is 0 Å². The van der Waals surface area contributed by atoms with Crippen LogP contribution in [-0.2, 0) is 0 Å². The highest BCUT2D eigenvalue weighted by atomic mass is 16.2. The summed E-state index contributed by atoms with van der Waals surface area (Å²) in [7, 11) is 1.57. The number of carbonyl (C=O) groups excluding carboxylic acids is 2. The molecule has 1 fully saturated rings. The number of imidazole rings is 1. The average molecular weight is 362 g/mol. The fourth-order valence-corrected chi connectivity index (χ4v) is 3.78. The van der Waals surface area contributed by atoms with Crippen molar-refractivity contribution in [3.05, 3.63) is 59.7 Å². The Labute approximate surface area is 157 Å². The molecule has 1 aliphatic carbocycles. The third kappa shape index (κ3) is 3.30. The lowest BCUT2D eigenvalue weighted by molar-refractivity contribution is 0.0963. The molecule has 6 heteroatoms. The number of rotatable bonds is 4. The molecule has 0 saturated heterocycles.